The summed E-state index contributed by atoms with van der Waals surface area (Å²) >= 11 is 5.10. The zero-order valence-corrected chi connectivity index (χ0v) is 13.8. The summed E-state index contributed by atoms with van der Waals surface area (Å²) in [5.41, 5.74) is 1.97. The third-order valence-electron chi connectivity index (χ3n) is 2.85. The minimum absolute atomic E-state index is 0.229. The van der Waals surface area contributed by atoms with Gasteiger partial charge in [-0.2, -0.15) is 0 Å². The van der Waals surface area contributed by atoms with Crippen LogP contribution in [0.5, 0.6) is 0 Å². The zero-order chi connectivity index (χ0) is 14.5. The summed E-state index contributed by atoms with van der Waals surface area (Å²) in [6.07, 6.45) is 4.37. The van der Waals surface area contributed by atoms with Crippen molar-refractivity contribution in [2.24, 2.45) is 0 Å². The van der Waals surface area contributed by atoms with E-state index in [1.807, 2.05) is 46.6 Å². The number of methoxy groups -OCH3 is 1. The largest absolute Gasteiger partial charge is 0.469 e. The number of esters is 1. The Morgan fingerprint density at radius 3 is 2.90 bits per heavy atom. The average Bonchev–Trinajstić information content (AvgIpc) is 2.81. The highest BCUT2D eigenvalue weighted by Crippen LogP contribution is 2.27. The first-order valence-corrected chi connectivity index (χ1v) is 7.99. The second kappa shape index (κ2) is 6.95. The highest BCUT2D eigenvalue weighted by Gasteiger charge is 2.24. The second-order valence-corrected chi connectivity index (χ2v) is 5.92. The maximum atomic E-state index is 11.5. The van der Waals surface area contributed by atoms with Crippen LogP contribution in [0.15, 0.2) is 35.4 Å². The molecule has 0 spiro atoms. The summed E-state index contributed by atoms with van der Waals surface area (Å²) in [7, 11) is 3.40. The zero-order valence-electron chi connectivity index (χ0n) is 11.4. The van der Waals surface area contributed by atoms with Crippen molar-refractivity contribution in [3.63, 3.8) is 0 Å². The summed E-state index contributed by atoms with van der Waals surface area (Å²) in [5.74, 6) is -0.229. The van der Waals surface area contributed by atoms with Gasteiger partial charge in [-0.15, -0.1) is 5.01 Å². The Labute approximate surface area is 131 Å². The molecule has 1 heterocycles. The van der Waals surface area contributed by atoms with E-state index in [0.717, 1.165) is 16.5 Å². The van der Waals surface area contributed by atoms with Crippen LogP contribution in [0.4, 0.5) is 0 Å². The van der Waals surface area contributed by atoms with Gasteiger partial charge in [-0.1, -0.05) is 34.1 Å². The van der Waals surface area contributed by atoms with Gasteiger partial charge in [0.2, 0.25) is 18.2 Å². The molecule has 0 fully saturated rings. The Morgan fingerprint density at radius 2 is 2.25 bits per heavy atom. The van der Waals surface area contributed by atoms with Crippen LogP contribution >= 0.6 is 27.9 Å². The van der Waals surface area contributed by atoms with Crippen LogP contribution in [0.3, 0.4) is 0 Å². The number of hydrogen-bond acceptors (Lipinski definition) is 4. The molecule has 0 bridgehead atoms. The van der Waals surface area contributed by atoms with Crippen LogP contribution in [-0.4, -0.2) is 40.8 Å². The Balaban J connectivity index is 2.24. The van der Waals surface area contributed by atoms with Gasteiger partial charge in [0, 0.05) is 10.9 Å². The quantitative estimate of drug-likeness (QED) is 0.359. The van der Waals surface area contributed by atoms with E-state index < -0.39 is 0 Å². The van der Waals surface area contributed by atoms with Gasteiger partial charge in [0.25, 0.3) is 0 Å². The lowest BCUT2D eigenvalue weighted by Crippen LogP contribution is -2.18. The van der Waals surface area contributed by atoms with Crippen molar-refractivity contribution in [3.8, 4) is 0 Å². The first kappa shape index (κ1) is 15.1. The Bertz CT molecular complexity index is 572. The molecule has 0 radical (unpaired) electrons. The average molecular weight is 356 g/mol. The topological polar surface area (TPSA) is 32.6 Å². The third kappa shape index (κ3) is 3.64. The van der Waals surface area contributed by atoms with Crippen LogP contribution in [0.25, 0.3) is 0 Å². The van der Waals surface area contributed by atoms with E-state index in [1.165, 1.54) is 12.0 Å². The van der Waals surface area contributed by atoms with Crippen molar-refractivity contribution in [2.45, 2.75) is 6.42 Å². The van der Waals surface area contributed by atoms with Crippen molar-refractivity contribution in [3.05, 3.63) is 46.5 Å². The van der Waals surface area contributed by atoms with Gasteiger partial charge in [-0.3, -0.25) is 4.79 Å². The van der Waals surface area contributed by atoms with E-state index in [9.17, 15) is 4.79 Å². The van der Waals surface area contributed by atoms with E-state index in [2.05, 4.69) is 22.1 Å². The summed E-state index contributed by atoms with van der Waals surface area (Å²) in [5, 5.41) is 2.84. The molecular formula is C14H16BrN2O2S+. The second-order valence-electron chi connectivity index (χ2n) is 4.28. The fourth-order valence-electron chi connectivity index (χ4n) is 1.82. The number of ether oxygens (including phenoxy) is 1. The van der Waals surface area contributed by atoms with E-state index in [4.69, 9.17) is 4.74 Å². The number of hydrazone groups is 1. The van der Waals surface area contributed by atoms with Crippen LogP contribution in [-0.2, 0) is 16.0 Å². The fourth-order valence-corrected chi connectivity index (χ4v) is 3.10. The number of benzene rings is 1. The number of hydrazine groups is 1. The molecule has 1 aromatic carbocycles. The lowest BCUT2D eigenvalue weighted by molar-refractivity contribution is -0.514. The first-order chi connectivity index (χ1) is 9.63. The SMILES string of the molecule is COC(=O)Cc1ccccc1C=[N+]1SC(CBr)=CN1C. The normalized spacial score (nSPS) is 16.4. The van der Waals surface area contributed by atoms with Crippen LogP contribution < -0.4 is 0 Å². The molecule has 0 aliphatic carbocycles. The number of carbonyl (C=O) groups excluding carboxylic acids is 1. The third-order valence-corrected chi connectivity index (χ3v) is 4.86. The van der Waals surface area contributed by atoms with Crippen molar-refractivity contribution < 1.29 is 13.6 Å². The minimum Gasteiger partial charge on any atom is -0.469 e. The van der Waals surface area contributed by atoms with Gasteiger partial charge in [0.15, 0.2) is 0 Å². The molecule has 0 saturated carbocycles. The summed E-state index contributed by atoms with van der Waals surface area (Å²) in [6.45, 7) is 0. The van der Waals surface area contributed by atoms with Crippen LogP contribution in [0, 0.1) is 0 Å². The molecule has 0 unspecified atom stereocenters. The molecule has 2 rings (SSSR count). The number of halogens is 1. The maximum Gasteiger partial charge on any atom is 0.310 e. The molecular weight excluding hydrogens is 340 g/mol. The highest BCUT2D eigenvalue weighted by atomic mass is 79.9. The van der Waals surface area contributed by atoms with E-state index >= 15 is 0 Å². The molecule has 0 aromatic heterocycles. The van der Waals surface area contributed by atoms with Gasteiger partial charge in [0.05, 0.1) is 31.7 Å². The van der Waals surface area contributed by atoms with Crippen LogP contribution in [0.2, 0.25) is 0 Å². The summed E-state index contributed by atoms with van der Waals surface area (Å²) < 4.78 is 6.77. The number of hydrogen-bond donors (Lipinski definition) is 0. The molecule has 0 atom stereocenters. The predicted octanol–water partition coefficient (Wildman–Crippen LogP) is 2.58. The lowest BCUT2D eigenvalue weighted by Gasteiger charge is -2.05. The van der Waals surface area contributed by atoms with Gasteiger partial charge in [-0.05, 0) is 15.7 Å². The Hall–Kier alpha value is -1.27. The van der Waals surface area contributed by atoms with Crippen LogP contribution in [0.1, 0.15) is 11.1 Å². The standard InChI is InChI=1S/C14H16BrN2O2S/c1-16-10-13(8-15)20-17(16)9-12-6-4-3-5-11(12)7-14(18)19-2/h3-6,9-10H,7-8H2,1-2H3/q+1. The predicted molar refractivity (Wildman–Crippen MR) is 84.8 cm³/mol. The molecule has 1 aliphatic rings. The highest BCUT2D eigenvalue weighted by molar-refractivity contribution is 9.09. The number of rotatable bonds is 4. The molecule has 4 nitrogen and oxygen atoms in total. The minimum atomic E-state index is -0.229. The van der Waals surface area contributed by atoms with E-state index in [1.54, 1.807) is 11.9 Å². The van der Waals surface area contributed by atoms with Gasteiger partial charge >= 0.3 is 5.97 Å². The van der Waals surface area contributed by atoms with Crippen molar-refractivity contribution in [2.75, 3.05) is 19.5 Å². The van der Waals surface area contributed by atoms with Gasteiger partial charge in [0.1, 0.15) is 0 Å². The number of alkyl halides is 1. The molecule has 20 heavy (non-hydrogen) atoms. The smallest absolute Gasteiger partial charge is 0.310 e. The fraction of sp³-hybridized carbons (Fsp3) is 0.286. The molecule has 1 aromatic rings. The van der Waals surface area contributed by atoms with Gasteiger partial charge in [-0.25, -0.2) is 0 Å². The Kier molecular flexibility index (Phi) is 5.25. The summed E-state index contributed by atoms with van der Waals surface area (Å²) in [4.78, 5) is 12.7. The molecule has 1 aliphatic heterocycles. The molecule has 0 amide bonds. The van der Waals surface area contributed by atoms with Crippen molar-refractivity contribution >= 4 is 40.1 Å². The molecule has 106 valence electrons. The van der Waals surface area contributed by atoms with E-state index in [-0.39, 0.29) is 12.4 Å². The lowest BCUT2D eigenvalue weighted by atomic mass is 10.1. The Morgan fingerprint density at radius 1 is 1.50 bits per heavy atom. The molecule has 0 N–H and O–H groups in total. The van der Waals surface area contributed by atoms with E-state index in [0.29, 0.717) is 0 Å². The number of allylic oxidation sites excluding steroid dienone is 1. The number of nitrogens with zero attached hydrogens (tertiary/aromatic N) is 2. The summed E-state index contributed by atoms with van der Waals surface area (Å²) in [6, 6.07) is 7.84. The van der Waals surface area contributed by atoms with Crippen molar-refractivity contribution in [1.82, 2.24) is 5.01 Å². The first-order valence-electron chi connectivity index (χ1n) is 6.10. The molecule has 0 saturated heterocycles. The monoisotopic (exact) mass is 355 g/mol. The van der Waals surface area contributed by atoms with Gasteiger partial charge < -0.3 is 4.74 Å². The maximum absolute atomic E-state index is 11.5. The van der Waals surface area contributed by atoms with Crippen molar-refractivity contribution in [1.29, 1.82) is 0 Å². The molecule has 6 heteroatoms. The number of carbonyl (C=O) groups is 1.